The first kappa shape index (κ1) is 22.6. The Labute approximate surface area is 195 Å². The third kappa shape index (κ3) is 4.61. The lowest BCUT2D eigenvalue weighted by molar-refractivity contribution is -0.0493. The number of anilines is 1. The number of hydrogen-bond acceptors (Lipinski definition) is 11. The van der Waals surface area contributed by atoms with Crippen LogP contribution >= 0.6 is 12.2 Å². The Morgan fingerprint density at radius 1 is 1.18 bits per heavy atom. The number of aliphatic hydroxyl groups is 3. The molecule has 0 aromatic carbocycles. The number of hydrogen-bond donors (Lipinski definition) is 5. The molecule has 5 rings (SSSR count). The van der Waals surface area contributed by atoms with Gasteiger partial charge in [0, 0.05) is 6.61 Å². The first-order chi connectivity index (χ1) is 16.0. The van der Waals surface area contributed by atoms with Gasteiger partial charge in [-0.1, -0.05) is 0 Å². The number of fused-ring (bicyclic) bond motifs is 1. The van der Waals surface area contributed by atoms with E-state index >= 15 is 0 Å². The molecule has 3 unspecified atom stereocenters. The molecular formula is C20H28N6O6S. The van der Waals surface area contributed by atoms with Crippen molar-refractivity contribution in [2.45, 2.75) is 68.4 Å². The summed E-state index contributed by atoms with van der Waals surface area (Å²) in [5, 5.41) is 37.5. The van der Waals surface area contributed by atoms with Crippen molar-refractivity contribution in [3.63, 3.8) is 0 Å². The predicted octanol–water partition coefficient (Wildman–Crippen LogP) is -0.549. The minimum atomic E-state index is -1.22. The van der Waals surface area contributed by atoms with E-state index in [-0.39, 0.29) is 23.9 Å². The standard InChI is InChI=1S/C20H28N6O6S/c27-12-3-1-2-11(12)25-20(33)31-7-13-15(28)16(29)19(32-13)26-9-23-14-17(21-8-22-18(14)26)24-10-4-5-30-6-10/h8-13,15-16,19,27-29H,1-7H2,(H,25,33)(H,21,22,24)/t10-,11?,12-,13?,15-,16-,19?/m1/s1. The summed E-state index contributed by atoms with van der Waals surface area (Å²) < 4.78 is 18.4. The highest BCUT2D eigenvalue weighted by Gasteiger charge is 2.45. The van der Waals surface area contributed by atoms with E-state index in [0.29, 0.717) is 30.2 Å². The predicted molar refractivity (Wildman–Crippen MR) is 119 cm³/mol. The van der Waals surface area contributed by atoms with Crippen LogP contribution in [-0.4, -0.2) is 96.3 Å². The summed E-state index contributed by atoms with van der Waals surface area (Å²) in [4.78, 5) is 13.0. The Bertz CT molecular complexity index is 987. The fourth-order valence-corrected chi connectivity index (χ4v) is 4.76. The first-order valence-corrected chi connectivity index (χ1v) is 11.6. The van der Waals surface area contributed by atoms with Crippen LogP contribution in [-0.2, 0) is 14.2 Å². The summed E-state index contributed by atoms with van der Waals surface area (Å²) in [5.41, 5.74) is 1.01. The molecular weight excluding hydrogens is 452 g/mol. The minimum absolute atomic E-state index is 0.0561. The highest BCUT2D eigenvalue weighted by atomic mass is 32.1. The lowest BCUT2D eigenvalue weighted by Crippen LogP contribution is -2.42. The van der Waals surface area contributed by atoms with Crippen LogP contribution in [0.2, 0.25) is 0 Å². The van der Waals surface area contributed by atoms with Crippen LogP contribution in [0.4, 0.5) is 5.82 Å². The highest BCUT2D eigenvalue weighted by Crippen LogP contribution is 2.32. The van der Waals surface area contributed by atoms with E-state index in [1.165, 1.54) is 12.7 Å². The quantitative estimate of drug-likeness (QED) is 0.337. The molecule has 1 saturated carbocycles. The second-order valence-corrected chi connectivity index (χ2v) is 9.02. The van der Waals surface area contributed by atoms with Gasteiger partial charge in [0.2, 0.25) is 0 Å². The molecule has 2 aliphatic heterocycles. The van der Waals surface area contributed by atoms with Crippen LogP contribution < -0.4 is 10.6 Å². The van der Waals surface area contributed by atoms with Crippen molar-refractivity contribution in [1.29, 1.82) is 0 Å². The van der Waals surface area contributed by atoms with Gasteiger partial charge in [0.05, 0.1) is 31.1 Å². The largest absolute Gasteiger partial charge is 0.468 e. The van der Waals surface area contributed by atoms with Gasteiger partial charge in [-0.3, -0.25) is 4.57 Å². The first-order valence-electron chi connectivity index (χ1n) is 11.2. The third-order valence-electron chi connectivity index (χ3n) is 6.40. The molecule has 7 atom stereocenters. The van der Waals surface area contributed by atoms with E-state index < -0.39 is 30.6 Å². The average Bonchev–Trinajstić information content (AvgIpc) is 3.59. The highest BCUT2D eigenvalue weighted by molar-refractivity contribution is 7.80. The number of ether oxygens (including phenoxy) is 3. The second kappa shape index (κ2) is 9.60. The molecule has 3 aliphatic rings. The average molecular weight is 481 g/mol. The minimum Gasteiger partial charge on any atom is -0.468 e. The lowest BCUT2D eigenvalue weighted by atomic mass is 10.1. The Hall–Kier alpha value is -2.16. The molecule has 1 aliphatic carbocycles. The zero-order chi connectivity index (χ0) is 22.9. The van der Waals surface area contributed by atoms with Crippen LogP contribution in [0.1, 0.15) is 31.9 Å². The third-order valence-corrected chi connectivity index (χ3v) is 6.64. The maximum Gasteiger partial charge on any atom is 0.257 e. The Morgan fingerprint density at radius 3 is 2.82 bits per heavy atom. The monoisotopic (exact) mass is 480 g/mol. The molecule has 0 radical (unpaired) electrons. The number of thiocarbonyl (C=S) groups is 1. The molecule has 12 nitrogen and oxygen atoms in total. The maximum atomic E-state index is 10.7. The second-order valence-electron chi connectivity index (χ2n) is 8.65. The van der Waals surface area contributed by atoms with Crippen molar-refractivity contribution < 1.29 is 29.5 Å². The SMILES string of the molecule is O[C@@H]1CCCC1NC(=S)OCC1OC(n2cnc3c(N[C@@H]4CCOC4)ncnc32)[C@H](O)[C@@H]1O. The molecule has 2 aromatic rings. The van der Waals surface area contributed by atoms with E-state index in [1.54, 1.807) is 4.57 Å². The summed E-state index contributed by atoms with van der Waals surface area (Å²) >= 11 is 5.20. The van der Waals surface area contributed by atoms with Crippen LogP contribution in [0.5, 0.6) is 0 Å². The van der Waals surface area contributed by atoms with Gasteiger partial charge in [0.1, 0.15) is 31.2 Å². The van der Waals surface area contributed by atoms with E-state index in [9.17, 15) is 15.3 Å². The summed E-state index contributed by atoms with van der Waals surface area (Å²) in [6.45, 7) is 1.24. The van der Waals surface area contributed by atoms with Gasteiger partial charge in [0.25, 0.3) is 5.17 Å². The molecule has 2 saturated heterocycles. The molecule has 0 spiro atoms. The summed E-state index contributed by atoms with van der Waals surface area (Å²) in [6.07, 6.45) is 1.68. The molecule has 2 aromatic heterocycles. The zero-order valence-electron chi connectivity index (χ0n) is 17.9. The number of imidazole rings is 1. The van der Waals surface area contributed by atoms with Gasteiger partial charge in [-0.2, -0.15) is 0 Å². The number of rotatable bonds is 6. The van der Waals surface area contributed by atoms with Crippen molar-refractivity contribution >= 4 is 34.4 Å². The maximum absolute atomic E-state index is 10.7. The van der Waals surface area contributed by atoms with Crippen molar-refractivity contribution in [2.75, 3.05) is 25.1 Å². The zero-order valence-corrected chi connectivity index (χ0v) is 18.7. The molecule has 0 amide bonds. The topological polar surface area (TPSA) is 156 Å². The van der Waals surface area contributed by atoms with Crippen LogP contribution in [0.3, 0.4) is 0 Å². The van der Waals surface area contributed by atoms with E-state index in [1.807, 2.05) is 0 Å². The number of aliphatic hydroxyl groups excluding tert-OH is 3. The van der Waals surface area contributed by atoms with Crippen molar-refractivity contribution in [3.8, 4) is 0 Å². The van der Waals surface area contributed by atoms with E-state index in [2.05, 4.69) is 25.6 Å². The molecule has 3 fully saturated rings. The summed E-state index contributed by atoms with van der Waals surface area (Å²) in [6, 6.07) is 0.00794. The molecule has 13 heteroatoms. The van der Waals surface area contributed by atoms with Crippen LogP contribution in [0.15, 0.2) is 12.7 Å². The van der Waals surface area contributed by atoms with Crippen molar-refractivity contribution in [2.24, 2.45) is 0 Å². The van der Waals surface area contributed by atoms with Crippen molar-refractivity contribution in [1.82, 2.24) is 24.8 Å². The molecule has 33 heavy (non-hydrogen) atoms. The number of nitrogens with one attached hydrogen (secondary N) is 2. The van der Waals surface area contributed by atoms with Gasteiger partial charge in [-0.25, -0.2) is 15.0 Å². The fourth-order valence-electron chi connectivity index (χ4n) is 4.54. The van der Waals surface area contributed by atoms with Crippen LogP contribution in [0, 0.1) is 0 Å². The van der Waals surface area contributed by atoms with Gasteiger partial charge >= 0.3 is 0 Å². The lowest BCUT2D eigenvalue weighted by Gasteiger charge is -2.20. The fraction of sp³-hybridized carbons (Fsp3) is 0.700. The molecule has 0 bridgehead atoms. The van der Waals surface area contributed by atoms with Gasteiger partial charge in [0.15, 0.2) is 23.2 Å². The van der Waals surface area contributed by atoms with Gasteiger partial charge in [-0.05, 0) is 37.9 Å². The van der Waals surface area contributed by atoms with Crippen molar-refractivity contribution in [3.05, 3.63) is 12.7 Å². The summed E-state index contributed by atoms with van der Waals surface area (Å²) in [7, 11) is 0. The summed E-state index contributed by atoms with van der Waals surface area (Å²) in [5.74, 6) is 0.577. The number of aromatic nitrogens is 4. The molecule has 4 heterocycles. The smallest absolute Gasteiger partial charge is 0.257 e. The molecule has 5 N–H and O–H groups in total. The number of nitrogens with zero attached hydrogens (tertiary/aromatic N) is 4. The normalized spacial score (nSPS) is 34.1. The molecule has 180 valence electrons. The van der Waals surface area contributed by atoms with Gasteiger partial charge < -0.3 is 40.2 Å². The van der Waals surface area contributed by atoms with Gasteiger partial charge in [-0.15, -0.1) is 0 Å². The van der Waals surface area contributed by atoms with Crippen LogP contribution in [0.25, 0.3) is 11.2 Å². The van der Waals surface area contributed by atoms with E-state index in [4.69, 9.17) is 26.4 Å². The Kier molecular flexibility index (Phi) is 6.58. The Morgan fingerprint density at radius 2 is 2.06 bits per heavy atom. The van der Waals surface area contributed by atoms with E-state index in [0.717, 1.165) is 25.7 Å². The Balaban J connectivity index is 1.24.